The van der Waals surface area contributed by atoms with Crippen molar-refractivity contribution in [2.24, 2.45) is 0 Å². The van der Waals surface area contributed by atoms with E-state index in [4.69, 9.17) is 0 Å². The number of carbonyl (C=O) groups excluding carboxylic acids is 1. The Kier molecular flexibility index (Phi) is 5.82. The van der Waals surface area contributed by atoms with E-state index in [1.807, 2.05) is 30.3 Å². The van der Waals surface area contributed by atoms with Crippen LogP contribution in [0.3, 0.4) is 0 Å². The summed E-state index contributed by atoms with van der Waals surface area (Å²) in [6.45, 7) is -0.171. The summed E-state index contributed by atoms with van der Waals surface area (Å²) in [7, 11) is 0. The molecule has 2 aromatic carbocycles. The predicted octanol–water partition coefficient (Wildman–Crippen LogP) is 1.86. The van der Waals surface area contributed by atoms with Crippen molar-refractivity contribution >= 4 is 11.6 Å². The van der Waals surface area contributed by atoms with E-state index in [2.05, 4.69) is 5.32 Å². The Balaban J connectivity index is 1.95. The smallest absolute Gasteiger partial charge is 0.269 e. The van der Waals surface area contributed by atoms with Gasteiger partial charge in [-0.1, -0.05) is 42.5 Å². The molecule has 0 radical (unpaired) electrons. The van der Waals surface area contributed by atoms with Crippen LogP contribution >= 0.6 is 0 Å². The minimum Gasteiger partial charge on any atom is -0.394 e. The lowest BCUT2D eigenvalue weighted by molar-refractivity contribution is -0.384. The fraction of sp³-hybridized carbons (Fsp3) is 0.235. The number of nitro benzene ring substituents is 1. The number of hydrogen-bond acceptors (Lipinski definition) is 4. The first kappa shape index (κ1) is 16.6. The molecule has 120 valence electrons. The van der Waals surface area contributed by atoms with E-state index < -0.39 is 4.92 Å². The van der Waals surface area contributed by atoms with E-state index in [0.717, 1.165) is 5.56 Å². The van der Waals surface area contributed by atoms with Gasteiger partial charge in [0.1, 0.15) is 0 Å². The number of rotatable bonds is 7. The summed E-state index contributed by atoms with van der Waals surface area (Å²) in [6.07, 6.45) is 0.561. The van der Waals surface area contributed by atoms with Crippen molar-refractivity contribution in [2.75, 3.05) is 6.61 Å². The number of carbonyl (C=O) groups is 1. The van der Waals surface area contributed by atoms with Gasteiger partial charge in [-0.2, -0.15) is 0 Å². The number of nitrogens with zero attached hydrogens (tertiary/aromatic N) is 1. The number of nitro groups is 1. The molecule has 0 aliphatic carbocycles. The second-order valence-electron chi connectivity index (χ2n) is 5.24. The average Bonchev–Trinajstić information content (AvgIpc) is 2.55. The van der Waals surface area contributed by atoms with Gasteiger partial charge in [-0.25, -0.2) is 0 Å². The molecule has 0 fully saturated rings. The van der Waals surface area contributed by atoms with Crippen molar-refractivity contribution in [1.82, 2.24) is 5.32 Å². The van der Waals surface area contributed by atoms with Gasteiger partial charge in [0.15, 0.2) is 0 Å². The molecule has 0 spiro atoms. The van der Waals surface area contributed by atoms with Crippen LogP contribution in [0.25, 0.3) is 0 Å². The van der Waals surface area contributed by atoms with Crippen LogP contribution in [0.15, 0.2) is 54.6 Å². The predicted molar refractivity (Wildman–Crippen MR) is 86.0 cm³/mol. The van der Waals surface area contributed by atoms with Crippen molar-refractivity contribution < 1.29 is 14.8 Å². The van der Waals surface area contributed by atoms with Crippen LogP contribution in [0.2, 0.25) is 0 Å². The quantitative estimate of drug-likeness (QED) is 0.602. The third-order valence-corrected chi connectivity index (χ3v) is 3.40. The van der Waals surface area contributed by atoms with Gasteiger partial charge in [-0.15, -0.1) is 0 Å². The molecule has 1 atom stereocenters. The molecular formula is C17H18N2O4. The van der Waals surface area contributed by atoms with E-state index in [1.54, 1.807) is 12.1 Å². The molecule has 0 aliphatic rings. The fourth-order valence-corrected chi connectivity index (χ4v) is 2.30. The highest BCUT2D eigenvalue weighted by atomic mass is 16.6. The van der Waals surface area contributed by atoms with Crippen LogP contribution in [0.1, 0.15) is 11.1 Å². The number of nitrogens with one attached hydrogen (secondary N) is 1. The molecule has 1 unspecified atom stereocenters. The highest BCUT2D eigenvalue weighted by Gasteiger charge is 2.14. The van der Waals surface area contributed by atoms with Crippen LogP contribution in [0.5, 0.6) is 0 Å². The molecule has 2 rings (SSSR count). The minimum absolute atomic E-state index is 0.0347. The summed E-state index contributed by atoms with van der Waals surface area (Å²) in [4.78, 5) is 22.3. The summed E-state index contributed by atoms with van der Waals surface area (Å²) < 4.78 is 0. The van der Waals surface area contributed by atoms with Crippen molar-refractivity contribution in [3.63, 3.8) is 0 Å². The van der Waals surface area contributed by atoms with Gasteiger partial charge in [0.2, 0.25) is 5.91 Å². The maximum Gasteiger partial charge on any atom is 0.269 e. The van der Waals surface area contributed by atoms with Crippen LogP contribution in [-0.2, 0) is 17.6 Å². The molecular weight excluding hydrogens is 296 g/mol. The Labute approximate surface area is 133 Å². The van der Waals surface area contributed by atoms with E-state index in [1.165, 1.54) is 12.1 Å². The third-order valence-electron chi connectivity index (χ3n) is 3.40. The number of benzene rings is 2. The molecule has 6 heteroatoms. The number of aliphatic hydroxyl groups excluding tert-OH is 1. The Morgan fingerprint density at radius 3 is 2.48 bits per heavy atom. The Hall–Kier alpha value is -2.73. The summed E-state index contributed by atoms with van der Waals surface area (Å²) in [5.41, 5.74) is 1.54. The first-order chi connectivity index (χ1) is 11.1. The van der Waals surface area contributed by atoms with Crippen LogP contribution in [-0.4, -0.2) is 28.6 Å². The molecule has 2 aromatic rings. The Bertz CT molecular complexity index is 673. The molecule has 2 N–H and O–H groups in total. The van der Waals surface area contributed by atoms with Gasteiger partial charge in [0.05, 0.1) is 24.0 Å². The van der Waals surface area contributed by atoms with Crippen molar-refractivity contribution in [1.29, 1.82) is 0 Å². The van der Waals surface area contributed by atoms with Crippen LogP contribution < -0.4 is 5.32 Å². The molecule has 0 heterocycles. The average molecular weight is 314 g/mol. The number of hydrogen-bond donors (Lipinski definition) is 2. The molecule has 0 saturated heterocycles. The van der Waals surface area contributed by atoms with Gasteiger partial charge >= 0.3 is 0 Å². The Morgan fingerprint density at radius 1 is 1.13 bits per heavy atom. The summed E-state index contributed by atoms with van der Waals surface area (Å²) in [6, 6.07) is 15.1. The zero-order chi connectivity index (χ0) is 16.7. The van der Waals surface area contributed by atoms with E-state index in [0.29, 0.717) is 12.0 Å². The largest absolute Gasteiger partial charge is 0.394 e. The third kappa shape index (κ3) is 5.19. The zero-order valence-corrected chi connectivity index (χ0v) is 12.5. The van der Waals surface area contributed by atoms with Gasteiger partial charge < -0.3 is 10.4 Å². The highest BCUT2D eigenvalue weighted by molar-refractivity contribution is 5.79. The molecule has 0 saturated carbocycles. The fourth-order valence-electron chi connectivity index (χ4n) is 2.30. The molecule has 1 amide bonds. The normalized spacial score (nSPS) is 11.7. The number of non-ortho nitro benzene ring substituents is 1. The topological polar surface area (TPSA) is 92.5 Å². The molecule has 0 bridgehead atoms. The van der Waals surface area contributed by atoms with Gasteiger partial charge in [-0.3, -0.25) is 14.9 Å². The summed E-state index contributed by atoms with van der Waals surface area (Å²) >= 11 is 0. The molecule has 23 heavy (non-hydrogen) atoms. The number of amides is 1. The first-order valence-corrected chi connectivity index (χ1v) is 7.26. The van der Waals surface area contributed by atoms with Crippen LogP contribution in [0, 0.1) is 10.1 Å². The first-order valence-electron chi connectivity index (χ1n) is 7.26. The second-order valence-corrected chi connectivity index (χ2v) is 5.24. The van der Waals surface area contributed by atoms with Crippen LogP contribution in [0.4, 0.5) is 5.69 Å². The van der Waals surface area contributed by atoms with E-state index in [9.17, 15) is 20.0 Å². The molecule has 0 aromatic heterocycles. The monoisotopic (exact) mass is 314 g/mol. The SMILES string of the molecule is O=C(Cc1cccc([N+](=O)[O-])c1)NC(CO)Cc1ccccc1. The van der Waals surface area contributed by atoms with Gasteiger partial charge in [-0.05, 0) is 17.5 Å². The highest BCUT2D eigenvalue weighted by Crippen LogP contribution is 2.13. The van der Waals surface area contributed by atoms with Crippen molar-refractivity contribution in [3.8, 4) is 0 Å². The molecule has 0 aliphatic heterocycles. The van der Waals surface area contributed by atoms with E-state index in [-0.39, 0.29) is 30.7 Å². The minimum atomic E-state index is -0.493. The van der Waals surface area contributed by atoms with Gasteiger partial charge in [0.25, 0.3) is 5.69 Å². The van der Waals surface area contributed by atoms with Gasteiger partial charge in [0, 0.05) is 12.1 Å². The maximum atomic E-state index is 12.1. The standard InChI is InChI=1S/C17H18N2O4/c20-12-15(9-13-5-2-1-3-6-13)18-17(21)11-14-7-4-8-16(10-14)19(22)23/h1-8,10,15,20H,9,11-12H2,(H,18,21). The zero-order valence-electron chi connectivity index (χ0n) is 12.5. The Morgan fingerprint density at radius 2 is 1.83 bits per heavy atom. The van der Waals surface area contributed by atoms with Crippen molar-refractivity contribution in [2.45, 2.75) is 18.9 Å². The maximum absolute atomic E-state index is 12.1. The summed E-state index contributed by atoms with van der Waals surface area (Å²) in [5.74, 6) is -0.277. The lowest BCUT2D eigenvalue weighted by Crippen LogP contribution is -2.39. The van der Waals surface area contributed by atoms with E-state index >= 15 is 0 Å². The second kappa shape index (κ2) is 8.05. The molecule has 6 nitrogen and oxygen atoms in total. The van der Waals surface area contributed by atoms with Crippen molar-refractivity contribution in [3.05, 3.63) is 75.8 Å². The number of aliphatic hydroxyl groups is 1. The summed E-state index contributed by atoms with van der Waals surface area (Å²) in [5, 5.41) is 22.9. The lowest BCUT2D eigenvalue weighted by Gasteiger charge is -2.16. The lowest BCUT2D eigenvalue weighted by atomic mass is 10.1.